The number of benzene rings is 3. The summed E-state index contributed by atoms with van der Waals surface area (Å²) in [6.07, 6.45) is 0. The Morgan fingerprint density at radius 3 is 1.93 bits per heavy atom. The normalized spacial score (nSPS) is 10.9. The van der Waals surface area contributed by atoms with Crippen molar-refractivity contribution in [3.63, 3.8) is 0 Å². The van der Waals surface area contributed by atoms with E-state index in [0.29, 0.717) is 30.8 Å². The fourth-order valence-electron chi connectivity index (χ4n) is 6.18. The largest absolute Gasteiger partial charge is 0.462 e. The molecule has 0 aliphatic heterocycles. The second kappa shape index (κ2) is 17.6. The average Bonchev–Trinajstić information content (AvgIpc) is 3.78. The molecule has 8 aromatic rings. The number of anilines is 1. The van der Waals surface area contributed by atoms with Crippen molar-refractivity contribution >= 4 is 100.0 Å². The van der Waals surface area contributed by atoms with Crippen molar-refractivity contribution in [1.29, 1.82) is 0 Å². The van der Waals surface area contributed by atoms with Gasteiger partial charge < -0.3 is 15.0 Å². The molecule has 8 rings (SSSR count). The summed E-state index contributed by atoms with van der Waals surface area (Å²) in [5, 5.41) is 8.21. The van der Waals surface area contributed by atoms with Gasteiger partial charge in [0.1, 0.15) is 19.2 Å². The molecule has 5 heterocycles. The molecule has 1 amide bonds. The van der Waals surface area contributed by atoms with Crippen LogP contribution in [0.25, 0.3) is 53.2 Å². The van der Waals surface area contributed by atoms with Crippen LogP contribution in [0.4, 0.5) is 5.69 Å². The number of hydrogen-bond acceptors (Lipinski definition) is 11. The first kappa shape index (κ1) is 39.4. The first-order valence-corrected chi connectivity index (χ1v) is 21.0. The zero-order valence-corrected chi connectivity index (χ0v) is 34.6. The molecule has 0 bridgehead atoms. The lowest BCUT2D eigenvalue weighted by Gasteiger charge is -2.12. The van der Waals surface area contributed by atoms with E-state index >= 15 is 0 Å². The molecule has 5 aromatic heterocycles. The summed E-state index contributed by atoms with van der Waals surface area (Å²) in [5.74, 6) is 0.0544. The lowest BCUT2D eigenvalue weighted by molar-refractivity contribution is 0.0533. The number of nitrogens with one attached hydrogen (secondary N) is 3. The molecule has 3 aromatic carbocycles. The third-order valence-electron chi connectivity index (χ3n) is 8.72. The van der Waals surface area contributed by atoms with Gasteiger partial charge in [0.15, 0.2) is 10.3 Å². The number of amides is 1. The van der Waals surface area contributed by atoms with Crippen LogP contribution >= 0.6 is 46.7 Å². The second-order valence-corrected chi connectivity index (χ2v) is 16.3. The van der Waals surface area contributed by atoms with E-state index in [-0.39, 0.29) is 23.2 Å². The molecule has 0 radical (unpaired) electrons. The van der Waals surface area contributed by atoms with Gasteiger partial charge in [0.2, 0.25) is 0 Å². The van der Waals surface area contributed by atoms with E-state index < -0.39 is 5.97 Å². The van der Waals surface area contributed by atoms with Gasteiger partial charge in [-0.05, 0) is 74.1 Å². The number of thiophene rings is 2. The number of carbonyl (C=O) groups is 2. The van der Waals surface area contributed by atoms with Crippen molar-refractivity contribution in [2.75, 3.05) is 17.7 Å². The Morgan fingerprint density at radius 2 is 1.35 bits per heavy atom. The fourth-order valence-corrected chi connectivity index (χ4v) is 9.15. The Morgan fingerprint density at radius 1 is 0.789 bits per heavy atom. The molecule has 10 nitrogen and oxygen atoms in total. The van der Waals surface area contributed by atoms with Crippen molar-refractivity contribution in [3.8, 4) is 22.5 Å². The Hall–Kier alpha value is -5.80. The van der Waals surface area contributed by atoms with Crippen LogP contribution in [0.3, 0.4) is 0 Å². The predicted octanol–water partition coefficient (Wildman–Crippen LogP) is 10.2. The number of esters is 1. The standard InChI is InChI=1S/C25H21N3O3S2.C18H15N3OS2/c1-3-31-24(30)21-20(27-25(32)28-22(29)17-12-8-5-9-13-17)19-15(2)14-18(26-23(19)33-21)16-10-6-4-7-11-16;1-3-23-18-20-14-13-10(2)9-12(11-7-5-4-6-8-11)19-17(13)24-15(14)16(22)21-18/h4-14H,3H2,1-2H3,(H2,27,28,29,32);4-9H,3H2,1-2H3,(H,20,21,22). The number of aryl methyl sites for hydroxylation is 2. The molecule has 0 fully saturated rings. The van der Waals surface area contributed by atoms with Crippen LogP contribution in [-0.4, -0.2) is 49.3 Å². The van der Waals surface area contributed by atoms with Gasteiger partial charge in [-0.25, -0.2) is 19.7 Å². The minimum atomic E-state index is -0.471. The zero-order valence-electron chi connectivity index (χ0n) is 31.3. The van der Waals surface area contributed by atoms with Crippen LogP contribution in [0.2, 0.25) is 0 Å². The Balaban J connectivity index is 0.000000183. The summed E-state index contributed by atoms with van der Waals surface area (Å²) >= 11 is 9.57. The number of thioether (sulfide) groups is 1. The highest BCUT2D eigenvalue weighted by atomic mass is 32.2. The number of H-pyrrole nitrogens is 1. The van der Waals surface area contributed by atoms with Crippen molar-refractivity contribution in [2.24, 2.45) is 0 Å². The molecular formula is C43H36N6O4S4. The lowest BCUT2D eigenvalue weighted by Crippen LogP contribution is -2.34. The van der Waals surface area contributed by atoms with Crippen LogP contribution in [0.5, 0.6) is 0 Å². The first-order chi connectivity index (χ1) is 27.6. The van der Waals surface area contributed by atoms with Crippen molar-refractivity contribution in [1.82, 2.24) is 25.3 Å². The highest BCUT2D eigenvalue weighted by Crippen LogP contribution is 2.39. The van der Waals surface area contributed by atoms with Gasteiger partial charge >= 0.3 is 5.97 Å². The molecule has 286 valence electrons. The zero-order chi connectivity index (χ0) is 40.1. The minimum Gasteiger partial charge on any atom is -0.462 e. The van der Waals surface area contributed by atoms with Gasteiger partial charge in [-0.3, -0.25) is 14.9 Å². The third kappa shape index (κ3) is 8.64. The molecule has 0 atom stereocenters. The Labute approximate surface area is 345 Å². The Kier molecular flexibility index (Phi) is 12.1. The number of hydrogen-bond donors (Lipinski definition) is 3. The van der Waals surface area contributed by atoms with Gasteiger partial charge in [0.25, 0.3) is 11.5 Å². The molecule has 0 saturated heterocycles. The summed E-state index contributed by atoms with van der Waals surface area (Å²) in [4.78, 5) is 56.6. The quantitative estimate of drug-likeness (QED) is 0.0587. The summed E-state index contributed by atoms with van der Waals surface area (Å²) in [7, 11) is 0. The van der Waals surface area contributed by atoms with Gasteiger partial charge in [0.05, 0.1) is 29.2 Å². The number of thiocarbonyl (C=S) groups is 1. The maximum atomic E-state index is 12.7. The first-order valence-electron chi connectivity index (χ1n) is 18.0. The van der Waals surface area contributed by atoms with Gasteiger partial charge in [-0.2, -0.15) is 0 Å². The van der Waals surface area contributed by atoms with E-state index in [1.165, 1.54) is 34.4 Å². The minimum absolute atomic E-state index is 0.0837. The van der Waals surface area contributed by atoms with E-state index in [0.717, 1.165) is 60.5 Å². The van der Waals surface area contributed by atoms with Crippen LogP contribution in [0.15, 0.2) is 113 Å². The van der Waals surface area contributed by atoms with Crippen molar-refractivity contribution in [3.05, 3.63) is 135 Å². The number of fused-ring (bicyclic) bond motifs is 4. The molecule has 0 aliphatic rings. The van der Waals surface area contributed by atoms with Gasteiger partial charge in [-0.15, -0.1) is 22.7 Å². The number of pyridine rings is 2. The van der Waals surface area contributed by atoms with E-state index in [2.05, 4.69) is 33.6 Å². The maximum Gasteiger partial charge on any atom is 0.350 e. The molecule has 0 spiro atoms. The van der Waals surface area contributed by atoms with Crippen LogP contribution in [0.1, 0.15) is 45.0 Å². The van der Waals surface area contributed by atoms with E-state index in [1.54, 1.807) is 31.2 Å². The van der Waals surface area contributed by atoms with E-state index in [4.69, 9.17) is 26.9 Å². The highest BCUT2D eigenvalue weighted by molar-refractivity contribution is 7.99. The van der Waals surface area contributed by atoms with Crippen LogP contribution in [-0.2, 0) is 4.74 Å². The molecular weight excluding hydrogens is 793 g/mol. The van der Waals surface area contributed by atoms with E-state index in [9.17, 15) is 14.4 Å². The maximum absolute atomic E-state index is 12.7. The van der Waals surface area contributed by atoms with E-state index in [1.807, 2.05) is 86.6 Å². The summed E-state index contributed by atoms with van der Waals surface area (Å²) in [6.45, 7) is 8.04. The summed E-state index contributed by atoms with van der Waals surface area (Å²) in [5.41, 5.74) is 7.44. The fraction of sp³-hybridized carbons (Fsp3) is 0.140. The topological polar surface area (TPSA) is 139 Å². The smallest absolute Gasteiger partial charge is 0.350 e. The van der Waals surface area contributed by atoms with Crippen molar-refractivity contribution in [2.45, 2.75) is 32.9 Å². The summed E-state index contributed by atoms with van der Waals surface area (Å²) in [6, 6.07) is 32.7. The highest BCUT2D eigenvalue weighted by Gasteiger charge is 2.24. The molecule has 14 heteroatoms. The number of rotatable bonds is 8. The third-order valence-corrected chi connectivity index (χ3v) is 11.8. The lowest BCUT2D eigenvalue weighted by atomic mass is 10.1. The van der Waals surface area contributed by atoms with Gasteiger partial charge in [-0.1, -0.05) is 97.5 Å². The number of carbonyl (C=O) groups excluding carboxylic acids is 2. The van der Waals surface area contributed by atoms with Crippen molar-refractivity contribution < 1.29 is 14.3 Å². The molecule has 0 unspecified atom stereocenters. The number of aromatic amines is 1. The molecule has 0 aliphatic carbocycles. The predicted molar refractivity (Wildman–Crippen MR) is 238 cm³/mol. The van der Waals surface area contributed by atoms with Crippen LogP contribution < -0.4 is 16.2 Å². The second-order valence-electron chi connectivity index (χ2n) is 12.6. The average molecular weight is 829 g/mol. The summed E-state index contributed by atoms with van der Waals surface area (Å²) < 4.78 is 5.90. The monoisotopic (exact) mass is 828 g/mol. The Bertz CT molecular complexity index is 2820. The number of aromatic nitrogens is 4. The number of nitrogens with zero attached hydrogens (tertiary/aromatic N) is 3. The molecule has 3 N–H and O–H groups in total. The SMILES string of the molecule is CCOC(=O)c1sc2nc(-c3ccccc3)cc(C)c2c1NC(=S)NC(=O)c1ccccc1.CCSc1nc2c(sc3nc(-c4ccccc4)cc(C)c32)c(=O)[nH]1. The van der Waals surface area contributed by atoms with Gasteiger partial charge in [0, 0.05) is 27.5 Å². The van der Waals surface area contributed by atoms with Crippen LogP contribution in [0, 0.1) is 13.8 Å². The number of ether oxygens (including phenoxy) is 1. The molecule has 57 heavy (non-hydrogen) atoms. The molecule has 0 saturated carbocycles.